The molecule has 0 amide bonds. The molecule has 1 atom stereocenters. The molecule has 1 N–H and O–H groups in total. The Morgan fingerprint density at radius 3 is 2.68 bits per heavy atom. The first-order valence-corrected chi connectivity index (χ1v) is 8.19. The molecule has 5 heteroatoms. The first kappa shape index (κ1) is 15.9. The maximum absolute atomic E-state index is 9.79. The summed E-state index contributed by atoms with van der Waals surface area (Å²) in [6, 6.07) is 6.28. The maximum Gasteiger partial charge on any atom is 0.130 e. The summed E-state index contributed by atoms with van der Waals surface area (Å²) in [5.74, 6) is 0.951. The molecule has 1 saturated heterocycles. The van der Waals surface area contributed by atoms with Crippen molar-refractivity contribution in [2.75, 3.05) is 20.1 Å². The van der Waals surface area contributed by atoms with E-state index in [2.05, 4.69) is 50.1 Å². The van der Waals surface area contributed by atoms with Gasteiger partial charge in [0.15, 0.2) is 0 Å². The molecule has 1 aliphatic heterocycles. The van der Waals surface area contributed by atoms with E-state index >= 15 is 0 Å². The fraction of sp³-hybridized carbons (Fsp3) is 0.529. The third kappa shape index (κ3) is 3.04. The van der Waals surface area contributed by atoms with Gasteiger partial charge in [0.1, 0.15) is 25.6 Å². The van der Waals surface area contributed by atoms with Gasteiger partial charge in [0, 0.05) is 5.41 Å². The number of hydrogen-bond donors (Lipinski definition) is 2. The molecule has 1 unspecified atom stereocenters. The zero-order chi connectivity index (χ0) is 16.0. The lowest BCUT2D eigenvalue weighted by atomic mass is 9.62. The molecule has 120 valence electrons. The van der Waals surface area contributed by atoms with Crippen molar-refractivity contribution in [1.82, 2.24) is 5.01 Å². The smallest absolute Gasteiger partial charge is 0.130 e. The molecule has 0 radical (unpaired) electrons. The summed E-state index contributed by atoms with van der Waals surface area (Å²) in [4.78, 5) is 0. The molecule has 1 spiro atoms. The van der Waals surface area contributed by atoms with Crippen molar-refractivity contribution in [3.63, 3.8) is 0 Å². The fourth-order valence-electron chi connectivity index (χ4n) is 3.49. The first-order chi connectivity index (χ1) is 10.3. The van der Waals surface area contributed by atoms with Gasteiger partial charge in [0.05, 0.1) is 19.2 Å². The molecule has 1 saturated carbocycles. The molecule has 1 heterocycles. The second-order valence-electron chi connectivity index (χ2n) is 6.86. The number of quaternary nitrogens is 1. The van der Waals surface area contributed by atoms with Gasteiger partial charge in [-0.2, -0.15) is 5.21 Å². The number of benzene rings is 1. The number of ether oxygens (including phenoxy) is 1. The van der Waals surface area contributed by atoms with E-state index in [1.165, 1.54) is 11.1 Å². The number of nitrogens with zero attached hydrogens (tertiary/aromatic N) is 2. The van der Waals surface area contributed by atoms with Crippen molar-refractivity contribution in [1.29, 1.82) is 0 Å². The van der Waals surface area contributed by atoms with Crippen molar-refractivity contribution in [2.24, 2.45) is 5.41 Å². The lowest BCUT2D eigenvalue weighted by Crippen LogP contribution is -2.70. The van der Waals surface area contributed by atoms with Gasteiger partial charge in [-0.1, -0.05) is 22.4 Å². The van der Waals surface area contributed by atoms with Gasteiger partial charge in [-0.15, -0.1) is 5.01 Å². The quantitative estimate of drug-likeness (QED) is 0.506. The standard InChI is InChI=1S/C17H25N2O2S/c1-4-5-14-8-15(7-6-13(14)2)21-16-9-17(10-16)11-18(12-17)19(3,20)22/h4-8,16,20,22H,9-12H2,1-3H3/q+1/b5-4-. The zero-order valence-electron chi connectivity index (χ0n) is 13.5. The van der Waals surface area contributed by atoms with E-state index in [9.17, 15) is 5.21 Å². The van der Waals surface area contributed by atoms with Crippen LogP contribution in [0.25, 0.3) is 6.08 Å². The van der Waals surface area contributed by atoms with Crippen LogP contribution < -0.4 is 4.74 Å². The molecule has 3 rings (SSSR count). The second kappa shape index (κ2) is 5.57. The van der Waals surface area contributed by atoms with E-state index in [0.717, 1.165) is 31.7 Å². The van der Waals surface area contributed by atoms with E-state index in [1.54, 1.807) is 7.05 Å². The molecule has 22 heavy (non-hydrogen) atoms. The van der Waals surface area contributed by atoms with E-state index in [0.29, 0.717) is 11.5 Å². The highest BCUT2D eigenvalue weighted by Crippen LogP contribution is 2.51. The molecule has 0 bridgehead atoms. The number of rotatable bonds is 4. The van der Waals surface area contributed by atoms with Crippen LogP contribution in [0.2, 0.25) is 0 Å². The predicted octanol–water partition coefficient (Wildman–Crippen LogP) is 3.47. The summed E-state index contributed by atoms with van der Waals surface area (Å²) >= 11 is 4.15. The Morgan fingerprint density at radius 2 is 2.09 bits per heavy atom. The monoisotopic (exact) mass is 321 g/mol. The van der Waals surface area contributed by atoms with Gasteiger partial charge in [-0.05, 0) is 49.9 Å². The van der Waals surface area contributed by atoms with Gasteiger partial charge < -0.3 is 4.74 Å². The molecular weight excluding hydrogens is 296 g/mol. The predicted molar refractivity (Wildman–Crippen MR) is 90.5 cm³/mol. The zero-order valence-corrected chi connectivity index (χ0v) is 14.4. The maximum atomic E-state index is 9.79. The molecule has 1 aromatic carbocycles. The third-order valence-electron chi connectivity index (χ3n) is 4.79. The molecule has 2 fully saturated rings. The van der Waals surface area contributed by atoms with Crippen molar-refractivity contribution in [3.05, 3.63) is 35.4 Å². The second-order valence-corrected chi connectivity index (χ2v) is 7.62. The van der Waals surface area contributed by atoms with Crippen molar-refractivity contribution < 1.29 is 14.1 Å². The van der Waals surface area contributed by atoms with Crippen LogP contribution in [0.3, 0.4) is 0 Å². The minimum absolute atomic E-state index is 0.292. The Hall–Kier alpha value is -1.01. The van der Waals surface area contributed by atoms with Crippen LogP contribution in [0.1, 0.15) is 30.9 Å². The Labute approximate surface area is 138 Å². The minimum Gasteiger partial charge on any atom is -0.490 e. The SMILES string of the molecule is C/C=C\c1cc(OC2CC3(C2)CN([N+](C)(O)S)C3)ccc1C. The lowest BCUT2D eigenvalue weighted by molar-refractivity contribution is -1.08. The van der Waals surface area contributed by atoms with Gasteiger partial charge in [-0.3, -0.25) is 0 Å². The van der Waals surface area contributed by atoms with E-state index in [4.69, 9.17) is 4.74 Å². The molecule has 1 aliphatic carbocycles. The average Bonchev–Trinajstić information content (AvgIpc) is 2.33. The summed E-state index contributed by atoms with van der Waals surface area (Å²) in [5, 5.41) is 11.7. The Bertz CT molecular complexity index is 581. The van der Waals surface area contributed by atoms with Crippen molar-refractivity contribution >= 4 is 18.9 Å². The summed E-state index contributed by atoms with van der Waals surface area (Å²) in [6.07, 6.45) is 6.57. The fourth-order valence-corrected chi connectivity index (χ4v) is 3.61. The number of hydrogen-bond acceptors (Lipinski definition) is 4. The number of aryl methyl sites for hydroxylation is 1. The van der Waals surface area contributed by atoms with E-state index in [-0.39, 0.29) is 4.16 Å². The van der Waals surface area contributed by atoms with Crippen LogP contribution in [-0.4, -0.2) is 40.6 Å². The van der Waals surface area contributed by atoms with Gasteiger partial charge >= 0.3 is 0 Å². The Kier molecular flexibility index (Phi) is 4.01. The number of thiol groups is 1. The molecule has 1 aromatic rings. The average molecular weight is 321 g/mol. The molecular formula is C17H25N2O2S+. The summed E-state index contributed by atoms with van der Waals surface area (Å²) in [7, 11) is 1.66. The van der Waals surface area contributed by atoms with Gasteiger partial charge in [-0.25, -0.2) is 0 Å². The van der Waals surface area contributed by atoms with Crippen LogP contribution in [-0.2, 0) is 0 Å². The Morgan fingerprint density at radius 1 is 1.41 bits per heavy atom. The molecule has 4 nitrogen and oxygen atoms in total. The highest BCUT2D eigenvalue weighted by Gasteiger charge is 2.58. The van der Waals surface area contributed by atoms with Crippen LogP contribution >= 0.6 is 12.8 Å². The highest BCUT2D eigenvalue weighted by atomic mass is 32.1. The molecule has 0 aromatic heterocycles. The van der Waals surface area contributed by atoms with Crippen molar-refractivity contribution in [3.8, 4) is 5.75 Å². The van der Waals surface area contributed by atoms with E-state index < -0.39 is 0 Å². The normalized spacial score (nSPS) is 24.0. The highest BCUT2D eigenvalue weighted by molar-refractivity contribution is 7.74. The van der Waals surface area contributed by atoms with Crippen molar-refractivity contribution in [2.45, 2.75) is 32.8 Å². The summed E-state index contributed by atoms with van der Waals surface area (Å²) in [5.41, 5.74) is 2.80. The van der Waals surface area contributed by atoms with Crippen LogP contribution in [0, 0.1) is 12.3 Å². The van der Waals surface area contributed by atoms with Crippen LogP contribution in [0.15, 0.2) is 24.3 Å². The van der Waals surface area contributed by atoms with Gasteiger partial charge in [0.25, 0.3) is 0 Å². The number of hydroxylamine groups is 1. The van der Waals surface area contributed by atoms with Gasteiger partial charge in [0.2, 0.25) is 0 Å². The summed E-state index contributed by atoms with van der Waals surface area (Å²) in [6.45, 7) is 5.92. The Balaban J connectivity index is 1.54. The largest absolute Gasteiger partial charge is 0.490 e. The third-order valence-corrected chi connectivity index (χ3v) is 5.05. The van der Waals surface area contributed by atoms with Crippen LogP contribution in [0.4, 0.5) is 0 Å². The molecule has 2 aliphatic rings. The minimum atomic E-state index is -0.363. The summed E-state index contributed by atoms with van der Waals surface area (Å²) < 4.78 is 5.74. The topological polar surface area (TPSA) is 32.7 Å². The van der Waals surface area contributed by atoms with Crippen LogP contribution in [0.5, 0.6) is 5.75 Å². The number of allylic oxidation sites excluding steroid dienone is 1. The lowest BCUT2D eigenvalue weighted by Gasteiger charge is -2.58. The first-order valence-electron chi connectivity index (χ1n) is 7.79. The van der Waals surface area contributed by atoms with E-state index in [1.807, 2.05) is 11.9 Å².